The van der Waals surface area contributed by atoms with Crippen molar-refractivity contribution in [3.63, 3.8) is 0 Å². The highest BCUT2D eigenvalue weighted by Gasteiger charge is 2.25. The molecular weight excluding hydrogens is 308 g/mol. The Bertz CT molecular complexity index is 1020. The van der Waals surface area contributed by atoms with E-state index in [1.165, 1.54) is 11.6 Å². The summed E-state index contributed by atoms with van der Waals surface area (Å²) in [5, 5.41) is 15.4. The van der Waals surface area contributed by atoms with Crippen molar-refractivity contribution < 1.29 is 9.90 Å². The quantitative estimate of drug-likeness (QED) is 0.637. The Balaban J connectivity index is 1.69. The second-order valence-corrected chi connectivity index (χ2v) is 6.01. The lowest BCUT2D eigenvalue weighted by molar-refractivity contribution is 0.235. The molecule has 7 nitrogen and oxygen atoms in total. The lowest BCUT2D eigenvalue weighted by atomic mass is 10.1. The van der Waals surface area contributed by atoms with E-state index < -0.39 is 11.6 Å². The van der Waals surface area contributed by atoms with Crippen molar-refractivity contribution in [2.24, 2.45) is 0 Å². The van der Waals surface area contributed by atoms with Crippen LogP contribution in [-0.4, -0.2) is 25.9 Å². The highest BCUT2D eigenvalue weighted by atomic mass is 16.3. The number of aryl methyl sites for hydroxylation is 2. The number of hydrogen-bond donors (Lipinski definition) is 3. The summed E-state index contributed by atoms with van der Waals surface area (Å²) in [5.74, 6) is -0.196. The van der Waals surface area contributed by atoms with Crippen LogP contribution < -0.4 is 10.9 Å². The Morgan fingerprint density at radius 1 is 1.42 bits per heavy atom. The minimum absolute atomic E-state index is 0.116. The number of aromatic hydroxyl groups is 1. The molecule has 122 valence electrons. The Hall–Kier alpha value is -3.09. The third kappa shape index (κ3) is 2.17. The third-order valence-electron chi connectivity index (χ3n) is 4.47. The van der Waals surface area contributed by atoms with Gasteiger partial charge in [-0.2, -0.15) is 9.67 Å². The SMILES string of the molecule is Cc1cc(O)nc2[nH]n(C(=O)N[C@@H]3CCc4ccccc43)c(=O)c12. The fraction of sp³-hybridized carbons (Fsp3) is 0.235. The zero-order valence-corrected chi connectivity index (χ0v) is 13.0. The summed E-state index contributed by atoms with van der Waals surface area (Å²) >= 11 is 0. The van der Waals surface area contributed by atoms with Crippen LogP contribution >= 0.6 is 0 Å². The number of nitrogens with zero attached hydrogens (tertiary/aromatic N) is 2. The van der Waals surface area contributed by atoms with E-state index in [0.717, 1.165) is 23.1 Å². The molecule has 1 aliphatic rings. The van der Waals surface area contributed by atoms with E-state index in [1.807, 2.05) is 24.3 Å². The predicted molar refractivity (Wildman–Crippen MR) is 88.2 cm³/mol. The monoisotopic (exact) mass is 324 g/mol. The summed E-state index contributed by atoms with van der Waals surface area (Å²) in [6.07, 6.45) is 1.70. The van der Waals surface area contributed by atoms with Crippen molar-refractivity contribution in [3.05, 3.63) is 57.4 Å². The van der Waals surface area contributed by atoms with E-state index in [9.17, 15) is 14.7 Å². The number of H-pyrrole nitrogens is 1. The molecule has 4 rings (SSSR count). The van der Waals surface area contributed by atoms with Crippen LogP contribution in [0.4, 0.5) is 4.79 Å². The molecular formula is C17H16N4O3. The van der Waals surface area contributed by atoms with Gasteiger partial charge in [-0.15, -0.1) is 0 Å². The second-order valence-electron chi connectivity index (χ2n) is 6.01. The van der Waals surface area contributed by atoms with Crippen LogP contribution in [0, 0.1) is 6.92 Å². The topological polar surface area (TPSA) is 100 Å². The maximum Gasteiger partial charge on any atom is 0.344 e. The van der Waals surface area contributed by atoms with Crippen molar-refractivity contribution in [1.82, 2.24) is 20.1 Å². The molecule has 0 radical (unpaired) electrons. The highest BCUT2D eigenvalue weighted by Crippen LogP contribution is 2.30. The summed E-state index contributed by atoms with van der Waals surface area (Å²) in [6, 6.07) is 8.71. The number of aromatic amines is 1. The molecule has 1 amide bonds. The van der Waals surface area contributed by atoms with Gasteiger partial charge < -0.3 is 10.4 Å². The first-order valence-corrected chi connectivity index (χ1v) is 7.74. The van der Waals surface area contributed by atoms with Gasteiger partial charge in [-0.3, -0.25) is 9.89 Å². The van der Waals surface area contributed by atoms with Crippen molar-refractivity contribution in [2.45, 2.75) is 25.8 Å². The van der Waals surface area contributed by atoms with E-state index in [-0.39, 0.29) is 17.6 Å². The van der Waals surface area contributed by atoms with E-state index in [0.29, 0.717) is 10.9 Å². The number of aromatic nitrogens is 3. The largest absolute Gasteiger partial charge is 0.493 e. The predicted octanol–water partition coefficient (Wildman–Crippen LogP) is 1.98. The molecule has 0 saturated heterocycles. The molecule has 0 saturated carbocycles. The molecule has 3 N–H and O–H groups in total. The molecule has 3 aromatic rings. The summed E-state index contributed by atoms with van der Waals surface area (Å²) in [7, 11) is 0. The van der Waals surface area contributed by atoms with Crippen LogP contribution in [0.25, 0.3) is 11.0 Å². The average Bonchev–Trinajstić information content (AvgIpc) is 3.09. The molecule has 0 bridgehead atoms. The van der Waals surface area contributed by atoms with Crippen LogP contribution in [0.2, 0.25) is 0 Å². The molecule has 2 heterocycles. The summed E-state index contributed by atoms with van der Waals surface area (Å²) in [5.41, 5.74) is 2.59. The number of carbonyl (C=O) groups excluding carboxylic acids is 1. The van der Waals surface area contributed by atoms with E-state index in [2.05, 4.69) is 15.4 Å². The molecule has 0 unspecified atom stereocenters. The standard InChI is InChI=1S/C17H16N4O3/c1-9-8-13(22)19-15-14(9)16(23)21(20-15)17(24)18-12-7-6-10-4-2-3-5-11(10)12/h2-5,8,12H,6-7H2,1H3,(H,18,24)(H2,19,20,22)/t12-/m1/s1. The van der Waals surface area contributed by atoms with Gasteiger partial charge >= 0.3 is 6.03 Å². The zero-order chi connectivity index (χ0) is 16.8. The van der Waals surface area contributed by atoms with Gasteiger partial charge in [0.1, 0.15) is 0 Å². The van der Waals surface area contributed by atoms with Crippen molar-refractivity contribution in [3.8, 4) is 5.88 Å². The van der Waals surface area contributed by atoms with Crippen LogP contribution in [0.15, 0.2) is 35.1 Å². The van der Waals surface area contributed by atoms with E-state index >= 15 is 0 Å². The van der Waals surface area contributed by atoms with Crippen molar-refractivity contribution >= 4 is 17.1 Å². The van der Waals surface area contributed by atoms with Crippen LogP contribution in [0.1, 0.15) is 29.2 Å². The van der Waals surface area contributed by atoms with Gasteiger partial charge in [-0.25, -0.2) is 4.79 Å². The highest BCUT2D eigenvalue weighted by molar-refractivity contribution is 5.84. The number of pyridine rings is 1. The maximum atomic E-state index is 12.5. The third-order valence-corrected chi connectivity index (χ3v) is 4.47. The molecule has 1 atom stereocenters. The fourth-order valence-electron chi connectivity index (χ4n) is 3.34. The smallest absolute Gasteiger partial charge is 0.344 e. The molecule has 2 aromatic heterocycles. The number of benzene rings is 1. The van der Waals surface area contributed by atoms with Gasteiger partial charge in [0.2, 0.25) is 5.88 Å². The second kappa shape index (κ2) is 5.23. The summed E-state index contributed by atoms with van der Waals surface area (Å²) < 4.78 is 0.908. The Labute approximate surface area is 136 Å². The molecule has 0 fully saturated rings. The summed E-state index contributed by atoms with van der Waals surface area (Å²) in [4.78, 5) is 28.9. The fourth-order valence-corrected chi connectivity index (χ4v) is 3.34. The minimum atomic E-state index is -0.529. The number of amides is 1. The number of rotatable bonds is 1. The normalized spacial score (nSPS) is 16.3. The van der Waals surface area contributed by atoms with Crippen LogP contribution in [0.5, 0.6) is 5.88 Å². The number of carbonyl (C=O) groups is 1. The maximum absolute atomic E-state index is 12.5. The number of hydrogen-bond acceptors (Lipinski definition) is 4. The first kappa shape index (κ1) is 14.5. The van der Waals surface area contributed by atoms with E-state index in [1.54, 1.807) is 6.92 Å². The van der Waals surface area contributed by atoms with Gasteiger partial charge in [-0.05, 0) is 36.5 Å². The first-order valence-electron chi connectivity index (χ1n) is 7.74. The number of nitrogens with one attached hydrogen (secondary N) is 2. The van der Waals surface area contributed by atoms with E-state index in [4.69, 9.17) is 0 Å². The minimum Gasteiger partial charge on any atom is -0.493 e. The molecule has 1 aliphatic carbocycles. The molecule has 0 spiro atoms. The van der Waals surface area contributed by atoms with Crippen LogP contribution in [0.3, 0.4) is 0 Å². The summed E-state index contributed by atoms with van der Waals surface area (Å²) in [6.45, 7) is 1.69. The Morgan fingerprint density at radius 2 is 2.21 bits per heavy atom. The van der Waals surface area contributed by atoms with Gasteiger partial charge in [-0.1, -0.05) is 24.3 Å². The van der Waals surface area contributed by atoms with Crippen molar-refractivity contribution in [1.29, 1.82) is 0 Å². The molecule has 1 aromatic carbocycles. The number of fused-ring (bicyclic) bond motifs is 2. The lowest BCUT2D eigenvalue weighted by Crippen LogP contribution is -2.37. The molecule has 7 heteroatoms. The first-order chi connectivity index (χ1) is 11.5. The Morgan fingerprint density at radius 3 is 3.04 bits per heavy atom. The van der Waals surface area contributed by atoms with Gasteiger partial charge in [0.05, 0.1) is 11.4 Å². The molecule has 0 aliphatic heterocycles. The molecule has 24 heavy (non-hydrogen) atoms. The van der Waals surface area contributed by atoms with Gasteiger partial charge in [0, 0.05) is 6.07 Å². The lowest BCUT2D eigenvalue weighted by Gasteiger charge is -2.13. The van der Waals surface area contributed by atoms with Gasteiger partial charge in [0.15, 0.2) is 5.65 Å². The van der Waals surface area contributed by atoms with Crippen molar-refractivity contribution in [2.75, 3.05) is 0 Å². The average molecular weight is 324 g/mol. The van der Waals surface area contributed by atoms with Gasteiger partial charge in [0.25, 0.3) is 5.56 Å². The zero-order valence-electron chi connectivity index (χ0n) is 13.0. The Kier molecular flexibility index (Phi) is 3.16. The van der Waals surface area contributed by atoms with Crippen LogP contribution in [-0.2, 0) is 6.42 Å².